The molecule has 0 saturated heterocycles. The zero-order chi connectivity index (χ0) is 9.84. The summed E-state index contributed by atoms with van der Waals surface area (Å²) in [7, 11) is 2.16. The fourth-order valence-corrected chi connectivity index (χ4v) is 1.24. The van der Waals surface area contributed by atoms with Crippen molar-refractivity contribution in [3.63, 3.8) is 0 Å². The van der Waals surface area contributed by atoms with Crippen LogP contribution in [0.5, 0.6) is 0 Å². The smallest absolute Gasteiger partial charge is 0.0236 e. The SMILES string of the molecule is Cc1ccccc1CN(C)C(C)C. The fourth-order valence-electron chi connectivity index (χ4n) is 1.24. The fraction of sp³-hybridized carbons (Fsp3) is 0.500. The van der Waals surface area contributed by atoms with Crippen LogP contribution < -0.4 is 0 Å². The van der Waals surface area contributed by atoms with Crippen LogP contribution in [0, 0.1) is 6.92 Å². The van der Waals surface area contributed by atoms with Gasteiger partial charge in [0.15, 0.2) is 0 Å². The molecule has 0 aliphatic carbocycles. The maximum Gasteiger partial charge on any atom is 0.0236 e. The van der Waals surface area contributed by atoms with E-state index in [1.807, 2.05) is 0 Å². The van der Waals surface area contributed by atoms with Gasteiger partial charge in [-0.15, -0.1) is 0 Å². The van der Waals surface area contributed by atoms with Gasteiger partial charge in [-0.05, 0) is 38.9 Å². The average molecular weight is 177 g/mol. The molecular weight excluding hydrogens is 158 g/mol. The van der Waals surface area contributed by atoms with Crippen molar-refractivity contribution in [1.82, 2.24) is 4.90 Å². The van der Waals surface area contributed by atoms with Gasteiger partial charge in [0.25, 0.3) is 0 Å². The lowest BCUT2D eigenvalue weighted by atomic mass is 10.1. The molecule has 0 saturated carbocycles. The molecule has 0 unspecified atom stereocenters. The van der Waals surface area contributed by atoms with Gasteiger partial charge in [-0.25, -0.2) is 0 Å². The summed E-state index contributed by atoms with van der Waals surface area (Å²) < 4.78 is 0. The number of hydrogen-bond donors (Lipinski definition) is 0. The first-order valence-electron chi connectivity index (χ1n) is 4.86. The minimum Gasteiger partial charge on any atom is -0.300 e. The van der Waals surface area contributed by atoms with Crippen LogP contribution in [-0.4, -0.2) is 18.0 Å². The summed E-state index contributed by atoms with van der Waals surface area (Å²) in [5, 5.41) is 0. The number of rotatable bonds is 3. The van der Waals surface area contributed by atoms with Crippen molar-refractivity contribution >= 4 is 0 Å². The third-order valence-electron chi connectivity index (χ3n) is 2.56. The van der Waals surface area contributed by atoms with Gasteiger partial charge < -0.3 is 0 Å². The van der Waals surface area contributed by atoms with Crippen LogP contribution in [0.3, 0.4) is 0 Å². The standard InChI is InChI=1S/C12H19N/c1-10(2)13(4)9-12-8-6-5-7-11(12)3/h5-8,10H,9H2,1-4H3. The summed E-state index contributed by atoms with van der Waals surface area (Å²) in [4.78, 5) is 2.35. The van der Waals surface area contributed by atoms with Crippen molar-refractivity contribution in [1.29, 1.82) is 0 Å². The van der Waals surface area contributed by atoms with E-state index >= 15 is 0 Å². The molecule has 0 atom stereocenters. The molecule has 1 aromatic rings. The number of aryl methyl sites for hydroxylation is 1. The van der Waals surface area contributed by atoms with Crippen LogP contribution >= 0.6 is 0 Å². The topological polar surface area (TPSA) is 3.24 Å². The zero-order valence-corrected chi connectivity index (χ0v) is 9.04. The molecule has 0 aliphatic heterocycles. The summed E-state index contributed by atoms with van der Waals surface area (Å²) in [5.74, 6) is 0. The third kappa shape index (κ3) is 2.85. The molecule has 1 rings (SSSR count). The zero-order valence-electron chi connectivity index (χ0n) is 9.04. The van der Waals surface area contributed by atoms with Crippen molar-refractivity contribution in [2.24, 2.45) is 0 Å². The van der Waals surface area contributed by atoms with Crippen LogP contribution in [-0.2, 0) is 6.54 Å². The van der Waals surface area contributed by atoms with Gasteiger partial charge in [-0.2, -0.15) is 0 Å². The summed E-state index contributed by atoms with van der Waals surface area (Å²) in [6, 6.07) is 9.18. The maximum atomic E-state index is 2.35. The van der Waals surface area contributed by atoms with E-state index in [0.717, 1.165) is 6.54 Å². The van der Waals surface area contributed by atoms with Gasteiger partial charge in [0.05, 0.1) is 0 Å². The van der Waals surface area contributed by atoms with Crippen LogP contribution in [0.2, 0.25) is 0 Å². The highest BCUT2D eigenvalue weighted by molar-refractivity contribution is 5.25. The van der Waals surface area contributed by atoms with E-state index in [4.69, 9.17) is 0 Å². The van der Waals surface area contributed by atoms with E-state index in [2.05, 4.69) is 57.0 Å². The monoisotopic (exact) mass is 177 g/mol. The summed E-state index contributed by atoms with van der Waals surface area (Å²) in [6.07, 6.45) is 0. The summed E-state index contributed by atoms with van der Waals surface area (Å²) in [5.41, 5.74) is 2.81. The first kappa shape index (κ1) is 10.3. The average Bonchev–Trinajstić information content (AvgIpc) is 2.08. The number of hydrogen-bond acceptors (Lipinski definition) is 1. The van der Waals surface area contributed by atoms with Crippen molar-refractivity contribution in [3.05, 3.63) is 35.4 Å². The van der Waals surface area contributed by atoms with Crippen LogP contribution in [0.1, 0.15) is 25.0 Å². The van der Waals surface area contributed by atoms with Gasteiger partial charge >= 0.3 is 0 Å². The summed E-state index contributed by atoms with van der Waals surface area (Å²) >= 11 is 0. The Morgan fingerprint density at radius 1 is 1.23 bits per heavy atom. The lowest BCUT2D eigenvalue weighted by Crippen LogP contribution is -2.25. The minimum atomic E-state index is 0.611. The van der Waals surface area contributed by atoms with Crippen LogP contribution in [0.15, 0.2) is 24.3 Å². The van der Waals surface area contributed by atoms with Gasteiger partial charge in [0.1, 0.15) is 0 Å². The van der Waals surface area contributed by atoms with E-state index < -0.39 is 0 Å². The molecule has 72 valence electrons. The Hall–Kier alpha value is -0.820. The Bertz CT molecular complexity index is 266. The highest BCUT2D eigenvalue weighted by atomic mass is 15.1. The molecule has 0 fully saturated rings. The largest absolute Gasteiger partial charge is 0.300 e. The number of benzene rings is 1. The predicted molar refractivity (Wildman–Crippen MR) is 57.8 cm³/mol. The lowest BCUT2D eigenvalue weighted by molar-refractivity contribution is 0.265. The molecule has 0 aliphatic rings. The van der Waals surface area contributed by atoms with E-state index in [1.54, 1.807) is 0 Å². The van der Waals surface area contributed by atoms with Crippen molar-refractivity contribution < 1.29 is 0 Å². The van der Waals surface area contributed by atoms with E-state index in [9.17, 15) is 0 Å². The highest BCUT2D eigenvalue weighted by Gasteiger charge is 2.04. The molecule has 0 bridgehead atoms. The first-order chi connectivity index (χ1) is 6.11. The van der Waals surface area contributed by atoms with Gasteiger partial charge in [-0.3, -0.25) is 4.90 Å². The Morgan fingerprint density at radius 3 is 2.38 bits per heavy atom. The maximum absolute atomic E-state index is 2.35. The molecule has 1 heteroatoms. The second-order valence-electron chi connectivity index (χ2n) is 3.94. The first-order valence-corrected chi connectivity index (χ1v) is 4.86. The molecule has 0 N–H and O–H groups in total. The normalized spacial score (nSPS) is 11.2. The molecule has 0 heterocycles. The van der Waals surface area contributed by atoms with Crippen molar-refractivity contribution in [2.75, 3.05) is 7.05 Å². The quantitative estimate of drug-likeness (QED) is 0.686. The molecule has 1 nitrogen and oxygen atoms in total. The Morgan fingerprint density at radius 2 is 1.85 bits per heavy atom. The van der Waals surface area contributed by atoms with E-state index in [1.165, 1.54) is 11.1 Å². The molecule has 0 radical (unpaired) electrons. The van der Waals surface area contributed by atoms with E-state index in [0.29, 0.717) is 6.04 Å². The van der Waals surface area contributed by atoms with Crippen molar-refractivity contribution in [2.45, 2.75) is 33.4 Å². The van der Waals surface area contributed by atoms with Crippen molar-refractivity contribution in [3.8, 4) is 0 Å². The third-order valence-corrected chi connectivity index (χ3v) is 2.56. The highest BCUT2D eigenvalue weighted by Crippen LogP contribution is 2.10. The molecule has 0 amide bonds. The second kappa shape index (κ2) is 4.43. The van der Waals surface area contributed by atoms with Gasteiger partial charge in [0.2, 0.25) is 0 Å². The lowest BCUT2D eigenvalue weighted by Gasteiger charge is -2.21. The Kier molecular flexibility index (Phi) is 3.49. The predicted octanol–water partition coefficient (Wildman–Crippen LogP) is 2.84. The Labute approximate surface area is 81.4 Å². The minimum absolute atomic E-state index is 0.611. The molecule has 1 aromatic carbocycles. The second-order valence-corrected chi connectivity index (χ2v) is 3.94. The van der Waals surface area contributed by atoms with Crippen LogP contribution in [0.25, 0.3) is 0 Å². The molecular formula is C12H19N. The molecule has 0 spiro atoms. The van der Waals surface area contributed by atoms with Gasteiger partial charge in [0, 0.05) is 12.6 Å². The molecule has 0 aromatic heterocycles. The summed E-state index contributed by atoms with van der Waals surface area (Å²) in [6.45, 7) is 7.66. The number of nitrogens with zero attached hydrogens (tertiary/aromatic N) is 1. The van der Waals surface area contributed by atoms with E-state index in [-0.39, 0.29) is 0 Å². The Balaban J connectivity index is 2.69. The van der Waals surface area contributed by atoms with Gasteiger partial charge in [-0.1, -0.05) is 24.3 Å². The molecule has 13 heavy (non-hydrogen) atoms. The van der Waals surface area contributed by atoms with Crippen LogP contribution in [0.4, 0.5) is 0 Å².